The third-order valence-corrected chi connectivity index (χ3v) is 4.06. The molecule has 0 aliphatic heterocycles. The molecule has 0 aliphatic rings. The Morgan fingerprint density at radius 2 is 1.88 bits per heavy atom. The van der Waals surface area contributed by atoms with Gasteiger partial charge in [0.2, 0.25) is 10.0 Å². The fourth-order valence-electron chi connectivity index (χ4n) is 1.62. The second-order valence-corrected chi connectivity index (χ2v) is 5.47. The van der Waals surface area contributed by atoms with E-state index in [-0.39, 0.29) is 17.0 Å². The van der Waals surface area contributed by atoms with E-state index in [0.29, 0.717) is 11.1 Å². The van der Waals surface area contributed by atoms with Gasteiger partial charge in [-0.25, -0.2) is 17.9 Å². The van der Waals surface area contributed by atoms with Crippen LogP contribution in [0.2, 0.25) is 0 Å². The quantitative estimate of drug-likeness (QED) is 0.851. The van der Waals surface area contributed by atoms with Crippen LogP contribution in [0.5, 0.6) is 0 Å². The number of carboxylic acids is 1. The van der Waals surface area contributed by atoms with Crippen LogP contribution in [-0.2, 0) is 10.0 Å². The van der Waals surface area contributed by atoms with E-state index in [2.05, 4.69) is 4.72 Å². The lowest BCUT2D eigenvalue weighted by atomic mass is 10.1. The van der Waals surface area contributed by atoms with Crippen LogP contribution < -0.4 is 4.72 Å². The Morgan fingerprint density at radius 3 is 2.35 bits per heavy atom. The normalized spacial score (nSPS) is 11.5. The lowest BCUT2D eigenvalue weighted by Gasteiger charge is -2.10. The molecular weight excluding hydrogens is 242 g/mol. The summed E-state index contributed by atoms with van der Waals surface area (Å²) < 4.78 is 26.0. The van der Waals surface area contributed by atoms with Crippen LogP contribution in [-0.4, -0.2) is 26.0 Å². The number of sulfonamides is 1. The molecule has 0 atom stereocenters. The molecule has 2 N–H and O–H groups in total. The molecule has 0 radical (unpaired) electrons. The minimum atomic E-state index is -3.63. The first-order valence-electron chi connectivity index (χ1n) is 5.13. The molecule has 1 aromatic rings. The summed E-state index contributed by atoms with van der Waals surface area (Å²) in [5.74, 6) is -1.13. The Morgan fingerprint density at radius 1 is 1.29 bits per heavy atom. The number of hydrogen-bond acceptors (Lipinski definition) is 3. The van der Waals surface area contributed by atoms with Crippen molar-refractivity contribution in [3.05, 3.63) is 28.8 Å². The van der Waals surface area contributed by atoms with Crippen molar-refractivity contribution >= 4 is 16.0 Å². The van der Waals surface area contributed by atoms with Gasteiger partial charge in [-0.05, 0) is 31.0 Å². The minimum absolute atomic E-state index is 0.00655. The van der Waals surface area contributed by atoms with E-state index in [0.717, 1.165) is 0 Å². The topological polar surface area (TPSA) is 83.5 Å². The molecule has 0 amide bonds. The average molecular weight is 257 g/mol. The monoisotopic (exact) mass is 257 g/mol. The number of nitrogens with one attached hydrogen (secondary N) is 1. The Labute approximate surface area is 101 Å². The standard InChI is InChI=1S/C11H15NO4S/c1-4-12-17(15,16)10-6-9(11(13)14)7(2)5-8(10)3/h5-6,12H,4H2,1-3H3,(H,13,14). The molecule has 0 spiro atoms. The van der Waals surface area contributed by atoms with E-state index in [4.69, 9.17) is 5.11 Å². The number of aromatic carboxylic acids is 1. The van der Waals surface area contributed by atoms with Gasteiger partial charge in [0.25, 0.3) is 0 Å². The molecule has 0 fully saturated rings. The molecule has 17 heavy (non-hydrogen) atoms. The summed E-state index contributed by atoms with van der Waals surface area (Å²) in [5, 5.41) is 8.96. The number of aryl methyl sites for hydroxylation is 2. The minimum Gasteiger partial charge on any atom is -0.478 e. The highest BCUT2D eigenvalue weighted by Gasteiger charge is 2.19. The maximum absolute atomic E-state index is 11.8. The van der Waals surface area contributed by atoms with Crippen LogP contribution >= 0.6 is 0 Å². The first-order valence-corrected chi connectivity index (χ1v) is 6.62. The van der Waals surface area contributed by atoms with Gasteiger partial charge in [-0.3, -0.25) is 0 Å². The molecule has 1 rings (SSSR count). The van der Waals surface area contributed by atoms with E-state index < -0.39 is 16.0 Å². The molecule has 0 bridgehead atoms. The number of carbonyl (C=O) groups is 1. The van der Waals surface area contributed by atoms with Crippen LogP contribution in [0.3, 0.4) is 0 Å². The van der Waals surface area contributed by atoms with Gasteiger partial charge in [-0.15, -0.1) is 0 Å². The van der Waals surface area contributed by atoms with Gasteiger partial charge in [0.05, 0.1) is 10.5 Å². The molecule has 0 aromatic heterocycles. The van der Waals surface area contributed by atoms with E-state index in [1.807, 2.05) is 0 Å². The van der Waals surface area contributed by atoms with Crippen molar-refractivity contribution in [1.82, 2.24) is 4.72 Å². The predicted octanol–water partition coefficient (Wildman–Crippen LogP) is 1.30. The highest BCUT2D eigenvalue weighted by Crippen LogP contribution is 2.20. The van der Waals surface area contributed by atoms with Crippen molar-refractivity contribution < 1.29 is 18.3 Å². The zero-order chi connectivity index (χ0) is 13.2. The molecule has 0 unspecified atom stereocenters. The first kappa shape index (κ1) is 13.7. The second-order valence-electron chi connectivity index (χ2n) is 3.74. The Balaban J connectivity index is 3.45. The molecule has 0 heterocycles. The summed E-state index contributed by atoms with van der Waals surface area (Å²) in [4.78, 5) is 11.0. The average Bonchev–Trinajstić information content (AvgIpc) is 2.15. The zero-order valence-electron chi connectivity index (χ0n) is 9.94. The fourth-order valence-corrected chi connectivity index (χ4v) is 2.91. The largest absolute Gasteiger partial charge is 0.478 e. The van der Waals surface area contributed by atoms with Crippen molar-refractivity contribution in [2.24, 2.45) is 0 Å². The van der Waals surface area contributed by atoms with Crippen molar-refractivity contribution in [3.8, 4) is 0 Å². The summed E-state index contributed by atoms with van der Waals surface area (Å²) in [5.41, 5.74) is 1.09. The second kappa shape index (κ2) is 4.85. The van der Waals surface area contributed by atoms with Gasteiger partial charge in [-0.2, -0.15) is 0 Å². The maximum atomic E-state index is 11.8. The highest BCUT2D eigenvalue weighted by molar-refractivity contribution is 7.89. The summed E-state index contributed by atoms with van der Waals surface area (Å²) in [6, 6.07) is 2.76. The maximum Gasteiger partial charge on any atom is 0.335 e. The van der Waals surface area contributed by atoms with Gasteiger partial charge < -0.3 is 5.11 Å². The molecule has 5 nitrogen and oxygen atoms in total. The molecule has 1 aromatic carbocycles. The molecule has 0 saturated heterocycles. The lowest BCUT2D eigenvalue weighted by molar-refractivity contribution is 0.0696. The van der Waals surface area contributed by atoms with Crippen molar-refractivity contribution in [2.75, 3.05) is 6.54 Å². The number of hydrogen-bond donors (Lipinski definition) is 2. The van der Waals surface area contributed by atoms with Crippen LogP contribution in [0.15, 0.2) is 17.0 Å². The zero-order valence-corrected chi connectivity index (χ0v) is 10.8. The van der Waals surface area contributed by atoms with Gasteiger partial charge in [0.1, 0.15) is 0 Å². The predicted molar refractivity (Wildman–Crippen MR) is 63.7 cm³/mol. The summed E-state index contributed by atoms with van der Waals surface area (Å²) in [6.45, 7) is 5.21. The fraction of sp³-hybridized carbons (Fsp3) is 0.364. The van der Waals surface area contributed by atoms with Gasteiger partial charge >= 0.3 is 5.97 Å². The summed E-state index contributed by atoms with van der Waals surface area (Å²) >= 11 is 0. The molecular formula is C11H15NO4S. The van der Waals surface area contributed by atoms with Gasteiger partial charge in [-0.1, -0.05) is 13.0 Å². The SMILES string of the molecule is CCNS(=O)(=O)c1cc(C(=O)O)c(C)cc1C. The Kier molecular flexibility index (Phi) is 3.90. The number of benzene rings is 1. The van der Waals surface area contributed by atoms with E-state index in [1.165, 1.54) is 6.07 Å². The summed E-state index contributed by atoms with van der Waals surface area (Å²) in [6.07, 6.45) is 0. The molecule has 0 saturated carbocycles. The van der Waals surface area contributed by atoms with Crippen molar-refractivity contribution in [3.63, 3.8) is 0 Å². The van der Waals surface area contributed by atoms with Crippen LogP contribution in [0, 0.1) is 13.8 Å². The van der Waals surface area contributed by atoms with Crippen molar-refractivity contribution in [1.29, 1.82) is 0 Å². The van der Waals surface area contributed by atoms with Crippen LogP contribution in [0.25, 0.3) is 0 Å². The van der Waals surface area contributed by atoms with Gasteiger partial charge in [0.15, 0.2) is 0 Å². The third kappa shape index (κ3) is 2.83. The van der Waals surface area contributed by atoms with E-state index in [9.17, 15) is 13.2 Å². The molecule has 94 valence electrons. The van der Waals surface area contributed by atoms with Crippen molar-refractivity contribution in [2.45, 2.75) is 25.7 Å². The van der Waals surface area contributed by atoms with Crippen LogP contribution in [0.4, 0.5) is 0 Å². The number of rotatable bonds is 4. The Hall–Kier alpha value is -1.40. The lowest BCUT2D eigenvalue weighted by Crippen LogP contribution is -2.24. The highest BCUT2D eigenvalue weighted by atomic mass is 32.2. The van der Waals surface area contributed by atoms with E-state index in [1.54, 1.807) is 26.8 Å². The Bertz CT molecular complexity index is 549. The van der Waals surface area contributed by atoms with E-state index >= 15 is 0 Å². The first-order chi connectivity index (χ1) is 7.79. The molecule has 0 aliphatic carbocycles. The smallest absolute Gasteiger partial charge is 0.335 e. The van der Waals surface area contributed by atoms with Gasteiger partial charge in [0, 0.05) is 6.54 Å². The molecule has 6 heteroatoms. The number of carboxylic acid groups (broad SMARTS) is 1. The van der Waals surface area contributed by atoms with Crippen LogP contribution in [0.1, 0.15) is 28.4 Å². The third-order valence-electron chi connectivity index (χ3n) is 2.38. The summed E-state index contributed by atoms with van der Waals surface area (Å²) in [7, 11) is -3.63.